The van der Waals surface area contributed by atoms with Crippen LogP contribution in [-0.2, 0) is 4.74 Å². The van der Waals surface area contributed by atoms with E-state index in [0.717, 1.165) is 108 Å². The molecule has 3 fully saturated rings. The SMILES string of the molecule is CC(C)(C)OC(=O)NCC1CCNCC1.C[C@H](NC(=O)c1cc(C#N)cnc1NCC1CCN(c2cnc(N)cn2)CC1)c1ccc(F)cc1.NCC1CCN(c2cnc(N)cn2)CC1.Nc1cnc(Br)cn1. The Kier molecular flexibility index (Phi) is 22.5. The van der Waals surface area contributed by atoms with Gasteiger partial charge in [-0.25, -0.2) is 44.1 Å². The topological polar surface area (TPSA) is 316 Å². The highest BCUT2D eigenvalue weighted by Gasteiger charge is 2.24. The number of hydrogen-bond acceptors (Lipinski definition) is 19. The minimum Gasteiger partial charge on any atom is -0.444 e. The first kappa shape index (κ1) is 56.9. The minimum atomic E-state index is -0.405. The number of amides is 2. The number of pyridine rings is 1. The molecule has 8 rings (SSSR count). The maximum absolute atomic E-state index is 13.2. The van der Waals surface area contributed by atoms with Gasteiger partial charge in [-0.05, 0) is 143 Å². The molecule has 7 heterocycles. The number of aromatic nitrogens is 7. The predicted molar refractivity (Wildman–Crippen MR) is 286 cm³/mol. The van der Waals surface area contributed by atoms with Gasteiger partial charge in [-0.2, -0.15) is 5.26 Å². The first-order valence-electron chi connectivity index (χ1n) is 24.4. The average Bonchev–Trinajstić information content (AvgIpc) is 3.39. The van der Waals surface area contributed by atoms with Crippen LogP contribution in [0.15, 0.2) is 78.3 Å². The number of nitrogens with one attached hydrogen (secondary N) is 4. The van der Waals surface area contributed by atoms with Crippen LogP contribution in [0.5, 0.6) is 0 Å². The molecule has 392 valence electrons. The maximum atomic E-state index is 13.2. The van der Waals surface area contributed by atoms with Gasteiger partial charge in [0.15, 0.2) is 0 Å². The molecule has 3 aliphatic heterocycles. The van der Waals surface area contributed by atoms with Crippen LogP contribution in [-0.4, -0.2) is 111 Å². The van der Waals surface area contributed by atoms with Gasteiger partial charge in [-0.3, -0.25) is 4.79 Å². The number of alkyl carbamates (subject to hydrolysis) is 1. The Hall–Kier alpha value is -7.03. The van der Waals surface area contributed by atoms with E-state index in [1.165, 1.54) is 30.6 Å². The maximum Gasteiger partial charge on any atom is 0.407 e. The second kappa shape index (κ2) is 28.9. The van der Waals surface area contributed by atoms with Crippen molar-refractivity contribution in [2.45, 2.75) is 77.9 Å². The molecule has 1 atom stereocenters. The summed E-state index contributed by atoms with van der Waals surface area (Å²) >= 11 is 3.12. The summed E-state index contributed by atoms with van der Waals surface area (Å²) < 4.78 is 19.1. The third kappa shape index (κ3) is 20.2. The van der Waals surface area contributed by atoms with Crippen molar-refractivity contribution in [2.75, 3.05) is 91.2 Å². The van der Waals surface area contributed by atoms with Gasteiger partial charge in [0.1, 0.15) is 57.0 Å². The van der Waals surface area contributed by atoms with E-state index in [0.29, 0.717) is 63.3 Å². The first-order chi connectivity index (χ1) is 35.0. The molecule has 0 aliphatic carbocycles. The lowest BCUT2D eigenvalue weighted by Crippen LogP contribution is -2.38. The van der Waals surface area contributed by atoms with Crippen molar-refractivity contribution in [1.82, 2.24) is 50.8 Å². The van der Waals surface area contributed by atoms with Gasteiger partial charge in [0.05, 0.1) is 54.3 Å². The van der Waals surface area contributed by atoms with Crippen molar-refractivity contribution < 1.29 is 18.7 Å². The molecule has 5 aromatic rings. The summed E-state index contributed by atoms with van der Waals surface area (Å²) in [4.78, 5) is 57.5. The number of piperidine rings is 3. The smallest absolute Gasteiger partial charge is 0.407 e. The second-order valence-electron chi connectivity index (χ2n) is 18.9. The monoisotopic (exact) mass is 1070 g/mol. The zero-order chi connectivity index (χ0) is 52.8. The number of nitrogens with two attached hydrogens (primary N) is 4. The standard InChI is InChI=1S/C25H27FN8O.C11H22N2O2.C10H17N5.C4H4BrN3/c1-16(19-2-4-20(26)5-3-19)33-25(35)21-10-18(11-27)13-32-24(21)31-12-17-6-8-34(9-7-17)23-15-29-22(28)14-30-23;1-11(2,3)15-10(14)13-8-9-4-6-12-7-5-9;11-5-8-1-3-15(4-2-8)10-7-13-9(12)6-14-10;5-3-1-8-4(6)2-7-3/h2-5,10,13-17H,6-9,12H2,1H3,(H2,28,29)(H,31,32)(H,33,35);9,12H,4-8H2,1-3H3,(H,13,14);6-8H,1-5,11H2,(H2,12,13);1-2H,(H2,6,8)/t16-;;;/m0.../s1. The number of rotatable bonds is 11. The molecule has 73 heavy (non-hydrogen) atoms. The summed E-state index contributed by atoms with van der Waals surface area (Å²) in [5.41, 5.74) is 23.0. The van der Waals surface area contributed by atoms with E-state index in [-0.39, 0.29) is 23.9 Å². The summed E-state index contributed by atoms with van der Waals surface area (Å²) in [6.45, 7) is 15.4. The van der Waals surface area contributed by atoms with Crippen LogP contribution in [0, 0.1) is 34.9 Å². The van der Waals surface area contributed by atoms with E-state index in [9.17, 15) is 19.2 Å². The molecule has 0 saturated carbocycles. The van der Waals surface area contributed by atoms with Crippen LogP contribution < -0.4 is 54.0 Å². The molecule has 3 saturated heterocycles. The largest absolute Gasteiger partial charge is 0.444 e. The molecule has 21 nitrogen and oxygen atoms in total. The van der Waals surface area contributed by atoms with Crippen LogP contribution >= 0.6 is 15.9 Å². The fourth-order valence-corrected chi connectivity index (χ4v) is 8.10. The Labute approximate surface area is 435 Å². The van der Waals surface area contributed by atoms with E-state index >= 15 is 0 Å². The predicted octanol–water partition coefficient (Wildman–Crippen LogP) is 5.85. The molecule has 0 bridgehead atoms. The number of nitrogen functional groups attached to an aromatic ring is 3. The highest BCUT2D eigenvalue weighted by molar-refractivity contribution is 9.10. The number of hydrogen-bond donors (Lipinski definition) is 8. The van der Waals surface area contributed by atoms with Crippen LogP contribution in [0.1, 0.15) is 93.7 Å². The van der Waals surface area contributed by atoms with Crippen molar-refractivity contribution >= 4 is 62.8 Å². The van der Waals surface area contributed by atoms with Gasteiger partial charge in [0, 0.05) is 45.5 Å². The highest BCUT2D eigenvalue weighted by Crippen LogP contribution is 2.24. The van der Waals surface area contributed by atoms with Crippen molar-refractivity contribution in [2.24, 2.45) is 23.5 Å². The molecule has 0 unspecified atom stereocenters. The van der Waals surface area contributed by atoms with Crippen LogP contribution in [0.2, 0.25) is 0 Å². The number of nitrogens with zero attached hydrogens (tertiary/aromatic N) is 10. The molecule has 2 amide bonds. The molecule has 3 aliphatic rings. The lowest BCUT2D eigenvalue weighted by Gasteiger charge is -2.32. The van der Waals surface area contributed by atoms with Crippen LogP contribution in [0.4, 0.5) is 44.1 Å². The summed E-state index contributed by atoms with van der Waals surface area (Å²) in [6, 6.07) is 9.19. The lowest BCUT2D eigenvalue weighted by atomic mass is 9.96. The van der Waals surface area contributed by atoms with Crippen molar-refractivity contribution in [1.29, 1.82) is 5.26 Å². The van der Waals surface area contributed by atoms with Crippen molar-refractivity contribution in [3.05, 3.63) is 101 Å². The molecule has 0 radical (unpaired) electrons. The number of nitriles is 1. The number of anilines is 6. The first-order valence-corrected chi connectivity index (χ1v) is 25.2. The molecule has 0 spiro atoms. The summed E-state index contributed by atoms with van der Waals surface area (Å²) in [6.07, 6.45) is 17.2. The van der Waals surface area contributed by atoms with Gasteiger partial charge >= 0.3 is 6.09 Å². The minimum absolute atomic E-state index is 0.299. The Bertz CT molecular complexity index is 2450. The van der Waals surface area contributed by atoms with Gasteiger partial charge in [0.2, 0.25) is 0 Å². The van der Waals surface area contributed by atoms with E-state index < -0.39 is 5.60 Å². The summed E-state index contributed by atoms with van der Waals surface area (Å²) in [7, 11) is 0. The second-order valence-corrected chi connectivity index (χ2v) is 19.7. The number of carbonyl (C=O) groups is 2. The van der Waals surface area contributed by atoms with Gasteiger partial charge in [-0.15, -0.1) is 0 Å². The van der Waals surface area contributed by atoms with Crippen molar-refractivity contribution in [3.63, 3.8) is 0 Å². The Morgan fingerprint density at radius 3 is 1.79 bits per heavy atom. The zero-order valence-electron chi connectivity index (χ0n) is 42.1. The molecule has 1 aromatic carbocycles. The number of benzene rings is 1. The quantitative estimate of drug-likeness (QED) is 0.0769. The van der Waals surface area contributed by atoms with Gasteiger partial charge in [-0.1, -0.05) is 12.1 Å². The van der Waals surface area contributed by atoms with Gasteiger partial charge in [0.25, 0.3) is 5.91 Å². The summed E-state index contributed by atoms with van der Waals surface area (Å²) in [5.74, 6) is 4.43. The number of carbonyl (C=O) groups excluding carboxylic acids is 2. The average molecular weight is 1070 g/mol. The van der Waals surface area contributed by atoms with Crippen LogP contribution in [0.25, 0.3) is 0 Å². The Balaban J connectivity index is 0.000000213. The fourth-order valence-electron chi connectivity index (χ4n) is 7.89. The number of halogens is 2. The molecular formula is C50H70BrFN18O3. The third-order valence-electron chi connectivity index (χ3n) is 12.1. The summed E-state index contributed by atoms with van der Waals surface area (Å²) in [5, 5.41) is 21.6. The van der Waals surface area contributed by atoms with E-state index in [4.69, 9.17) is 27.7 Å². The highest BCUT2D eigenvalue weighted by atomic mass is 79.9. The molecule has 23 heteroatoms. The Morgan fingerprint density at radius 1 is 0.781 bits per heavy atom. The van der Waals surface area contributed by atoms with Crippen LogP contribution in [0.3, 0.4) is 0 Å². The molecular weight excluding hydrogens is 1000 g/mol. The van der Waals surface area contributed by atoms with E-state index in [2.05, 4.69) is 81.9 Å². The zero-order valence-corrected chi connectivity index (χ0v) is 43.7. The van der Waals surface area contributed by atoms with E-state index in [1.807, 2.05) is 33.8 Å². The normalized spacial score (nSPS) is 15.6. The van der Waals surface area contributed by atoms with E-state index in [1.54, 1.807) is 43.1 Å². The molecule has 4 aromatic heterocycles. The third-order valence-corrected chi connectivity index (χ3v) is 12.5. The fraction of sp³-hybridized carbons (Fsp3) is 0.480. The number of ether oxygens (including phenoxy) is 1. The van der Waals surface area contributed by atoms with Gasteiger partial charge < -0.3 is 58.7 Å². The molecule has 12 N–H and O–H groups in total. The Morgan fingerprint density at radius 2 is 1.32 bits per heavy atom. The van der Waals surface area contributed by atoms with Crippen molar-refractivity contribution in [3.8, 4) is 6.07 Å². The lowest BCUT2D eigenvalue weighted by molar-refractivity contribution is 0.0515.